The quantitative estimate of drug-likeness (QED) is 0.427. The summed E-state index contributed by atoms with van der Waals surface area (Å²) in [6.07, 6.45) is 2.31. The van der Waals surface area contributed by atoms with Crippen molar-refractivity contribution in [3.8, 4) is 5.75 Å². The molecule has 1 saturated heterocycles. The van der Waals surface area contributed by atoms with Crippen molar-refractivity contribution in [1.29, 1.82) is 0 Å². The van der Waals surface area contributed by atoms with Crippen LogP contribution in [0.2, 0.25) is 0 Å². The molecule has 1 heterocycles. The van der Waals surface area contributed by atoms with Gasteiger partial charge in [0.05, 0.1) is 19.6 Å². The maximum absolute atomic E-state index is 13.5. The summed E-state index contributed by atoms with van der Waals surface area (Å²) in [6.45, 7) is 1.93. The zero-order valence-electron chi connectivity index (χ0n) is 20.0. The second kappa shape index (κ2) is 10.3. The van der Waals surface area contributed by atoms with Gasteiger partial charge in [-0.15, -0.1) is 0 Å². The van der Waals surface area contributed by atoms with Crippen LogP contribution < -0.4 is 20.7 Å². The van der Waals surface area contributed by atoms with E-state index in [2.05, 4.69) is 16.0 Å². The van der Waals surface area contributed by atoms with Gasteiger partial charge in [0.15, 0.2) is 5.78 Å². The van der Waals surface area contributed by atoms with Gasteiger partial charge in [0.1, 0.15) is 17.8 Å². The van der Waals surface area contributed by atoms with E-state index in [0.717, 1.165) is 24.0 Å². The standard InChI is InChI=1S/C27H31N3O5/c1-27(12-13-27)24(32)20(14-17-6-4-3-5-7-17)29-25(33)21(30-26(34)22-16-23(31)28-22)15-18-8-10-19(35-2)11-9-18/h3-11,20-22H,12-16H2,1-2H3,(H,28,31)(H,29,33)(H,30,34). The van der Waals surface area contributed by atoms with Gasteiger partial charge in [0.2, 0.25) is 17.7 Å². The Balaban J connectivity index is 1.52. The molecule has 3 atom stereocenters. The van der Waals surface area contributed by atoms with E-state index >= 15 is 0 Å². The van der Waals surface area contributed by atoms with Gasteiger partial charge in [-0.3, -0.25) is 19.2 Å². The molecule has 0 radical (unpaired) electrons. The number of hydrogen-bond donors (Lipinski definition) is 3. The highest BCUT2D eigenvalue weighted by Crippen LogP contribution is 2.46. The summed E-state index contributed by atoms with van der Waals surface area (Å²) in [5.41, 5.74) is 1.35. The number of carbonyl (C=O) groups is 4. The predicted molar refractivity (Wildman–Crippen MR) is 130 cm³/mol. The van der Waals surface area contributed by atoms with Crippen molar-refractivity contribution in [2.75, 3.05) is 7.11 Å². The molecule has 1 aliphatic heterocycles. The van der Waals surface area contributed by atoms with Crippen LogP contribution in [-0.2, 0) is 32.0 Å². The Morgan fingerprint density at radius 3 is 2.14 bits per heavy atom. The molecule has 2 aromatic carbocycles. The number of β-lactam (4-membered cyclic amide) rings is 1. The smallest absolute Gasteiger partial charge is 0.243 e. The Bertz CT molecular complexity index is 1090. The molecule has 2 fully saturated rings. The van der Waals surface area contributed by atoms with Crippen LogP contribution in [0.4, 0.5) is 0 Å². The first kappa shape index (κ1) is 24.4. The Morgan fingerprint density at radius 2 is 1.57 bits per heavy atom. The molecule has 2 aliphatic rings. The van der Waals surface area contributed by atoms with Crippen molar-refractivity contribution in [3.63, 3.8) is 0 Å². The first-order valence-corrected chi connectivity index (χ1v) is 11.9. The molecule has 184 valence electrons. The van der Waals surface area contributed by atoms with Gasteiger partial charge in [-0.1, -0.05) is 49.4 Å². The molecule has 1 saturated carbocycles. The minimum absolute atomic E-state index is 0.00971. The van der Waals surface area contributed by atoms with Crippen LogP contribution in [0.1, 0.15) is 37.3 Å². The zero-order valence-corrected chi connectivity index (χ0v) is 20.0. The molecule has 0 bridgehead atoms. The van der Waals surface area contributed by atoms with Crippen molar-refractivity contribution in [1.82, 2.24) is 16.0 Å². The van der Waals surface area contributed by atoms with Crippen LogP contribution in [-0.4, -0.2) is 48.7 Å². The minimum atomic E-state index is -0.911. The van der Waals surface area contributed by atoms with Gasteiger partial charge in [-0.05, 0) is 42.5 Å². The summed E-state index contributed by atoms with van der Waals surface area (Å²) in [5.74, 6) is -0.359. The molecule has 8 nitrogen and oxygen atoms in total. The zero-order chi connectivity index (χ0) is 25.0. The van der Waals surface area contributed by atoms with Crippen LogP contribution in [0.5, 0.6) is 5.75 Å². The van der Waals surface area contributed by atoms with Gasteiger partial charge in [-0.25, -0.2) is 0 Å². The summed E-state index contributed by atoms with van der Waals surface area (Å²) in [4.78, 5) is 50.7. The van der Waals surface area contributed by atoms with E-state index in [9.17, 15) is 19.2 Å². The molecule has 1 aliphatic carbocycles. The minimum Gasteiger partial charge on any atom is -0.497 e. The lowest BCUT2D eigenvalue weighted by molar-refractivity contribution is -0.139. The maximum Gasteiger partial charge on any atom is 0.243 e. The number of nitrogens with one attached hydrogen (secondary N) is 3. The monoisotopic (exact) mass is 477 g/mol. The van der Waals surface area contributed by atoms with E-state index in [1.807, 2.05) is 49.4 Å². The number of methoxy groups -OCH3 is 1. The van der Waals surface area contributed by atoms with E-state index in [4.69, 9.17) is 4.74 Å². The van der Waals surface area contributed by atoms with Crippen LogP contribution in [0.15, 0.2) is 54.6 Å². The average molecular weight is 478 g/mol. The third-order valence-corrected chi connectivity index (χ3v) is 6.78. The summed E-state index contributed by atoms with van der Waals surface area (Å²) in [6, 6.07) is 14.5. The Labute approximate surface area is 204 Å². The van der Waals surface area contributed by atoms with E-state index < -0.39 is 35.4 Å². The van der Waals surface area contributed by atoms with Crippen LogP contribution in [0.25, 0.3) is 0 Å². The van der Waals surface area contributed by atoms with Crippen molar-refractivity contribution < 1.29 is 23.9 Å². The fourth-order valence-electron chi connectivity index (χ4n) is 4.18. The van der Waals surface area contributed by atoms with E-state index in [1.54, 1.807) is 19.2 Å². The highest BCUT2D eigenvalue weighted by Gasteiger charge is 2.48. The lowest BCUT2D eigenvalue weighted by atomic mass is 9.92. The van der Waals surface area contributed by atoms with Crippen molar-refractivity contribution >= 4 is 23.5 Å². The molecule has 35 heavy (non-hydrogen) atoms. The Kier molecular flexibility index (Phi) is 7.19. The fourth-order valence-corrected chi connectivity index (χ4v) is 4.18. The number of ketones is 1. The molecule has 8 heteroatoms. The van der Waals surface area contributed by atoms with Gasteiger partial charge in [0.25, 0.3) is 0 Å². The Hall–Kier alpha value is -3.68. The molecular formula is C27H31N3O5. The molecule has 0 aromatic heterocycles. The number of hydrogen-bond acceptors (Lipinski definition) is 5. The molecule has 0 spiro atoms. The topological polar surface area (TPSA) is 114 Å². The van der Waals surface area contributed by atoms with Crippen molar-refractivity contribution in [2.45, 2.75) is 57.2 Å². The lowest BCUT2D eigenvalue weighted by Gasteiger charge is -2.29. The number of benzene rings is 2. The molecular weight excluding hydrogens is 446 g/mol. The molecule has 4 rings (SSSR count). The number of rotatable bonds is 11. The first-order chi connectivity index (χ1) is 16.8. The lowest BCUT2D eigenvalue weighted by Crippen LogP contribution is -2.61. The van der Waals surface area contributed by atoms with Crippen molar-refractivity contribution in [2.24, 2.45) is 5.41 Å². The normalized spacial score (nSPS) is 19.4. The number of Topliss-reactive ketones (excluding diaryl/α,β-unsaturated/α-hetero) is 1. The second-order valence-corrected chi connectivity index (χ2v) is 9.61. The SMILES string of the molecule is COc1ccc(CC(NC(=O)C2CC(=O)N2)C(=O)NC(Cc2ccccc2)C(=O)C2(C)CC2)cc1. The third-order valence-electron chi connectivity index (χ3n) is 6.78. The summed E-state index contributed by atoms with van der Waals surface area (Å²) < 4.78 is 5.20. The maximum atomic E-state index is 13.5. The van der Waals surface area contributed by atoms with E-state index in [-0.39, 0.29) is 24.5 Å². The number of carbonyl (C=O) groups excluding carboxylic acids is 4. The number of ether oxygens (including phenoxy) is 1. The summed E-state index contributed by atoms with van der Waals surface area (Å²) in [5, 5.41) is 8.23. The number of amides is 3. The fraction of sp³-hybridized carbons (Fsp3) is 0.407. The van der Waals surface area contributed by atoms with Gasteiger partial charge < -0.3 is 20.7 Å². The molecule has 2 aromatic rings. The highest BCUT2D eigenvalue weighted by molar-refractivity contribution is 6.00. The van der Waals surface area contributed by atoms with Crippen LogP contribution in [0, 0.1) is 5.41 Å². The summed E-state index contributed by atoms with van der Waals surface area (Å²) >= 11 is 0. The Morgan fingerprint density at radius 1 is 0.971 bits per heavy atom. The van der Waals surface area contributed by atoms with Gasteiger partial charge in [0, 0.05) is 11.8 Å². The molecule has 3 unspecified atom stereocenters. The average Bonchev–Trinajstić information content (AvgIpc) is 3.60. The van der Waals surface area contributed by atoms with Crippen LogP contribution in [0.3, 0.4) is 0 Å². The van der Waals surface area contributed by atoms with Crippen molar-refractivity contribution in [3.05, 3.63) is 65.7 Å². The molecule has 3 amide bonds. The summed E-state index contributed by atoms with van der Waals surface area (Å²) in [7, 11) is 1.57. The van der Waals surface area contributed by atoms with E-state index in [0.29, 0.717) is 12.2 Å². The van der Waals surface area contributed by atoms with Gasteiger partial charge in [-0.2, -0.15) is 0 Å². The predicted octanol–water partition coefficient (Wildman–Crippen LogP) is 1.71. The largest absolute Gasteiger partial charge is 0.497 e. The third kappa shape index (κ3) is 6.07. The molecule has 3 N–H and O–H groups in total. The van der Waals surface area contributed by atoms with E-state index in [1.165, 1.54) is 0 Å². The highest BCUT2D eigenvalue weighted by atomic mass is 16.5. The van der Waals surface area contributed by atoms with Crippen LogP contribution >= 0.6 is 0 Å². The first-order valence-electron chi connectivity index (χ1n) is 11.9. The van der Waals surface area contributed by atoms with Gasteiger partial charge >= 0.3 is 0 Å². The second-order valence-electron chi connectivity index (χ2n) is 9.61.